The molecule has 0 spiro atoms. The van der Waals surface area contributed by atoms with Crippen molar-refractivity contribution in [3.05, 3.63) is 29.8 Å². The summed E-state index contributed by atoms with van der Waals surface area (Å²) in [6, 6.07) is 7.47. The van der Waals surface area contributed by atoms with Gasteiger partial charge in [-0.15, -0.1) is 0 Å². The van der Waals surface area contributed by atoms with Gasteiger partial charge in [0.25, 0.3) is 0 Å². The summed E-state index contributed by atoms with van der Waals surface area (Å²) < 4.78 is 5.21. The number of hydrogen-bond donors (Lipinski definition) is 2. The van der Waals surface area contributed by atoms with Crippen LogP contribution < -0.4 is 15.5 Å². The number of ether oxygens (including phenoxy) is 1. The number of carbonyl (C=O) groups excluding carboxylic acids is 2. The third-order valence-electron chi connectivity index (χ3n) is 2.94. The van der Waals surface area contributed by atoms with Gasteiger partial charge in [-0.3, -0.25) is 9.59 Å². The zero-order chi connectivity index (χ0) is 14.5. The SMILES string of the molecule is COc1ccccc1/C(C)=N\NC(=O)C(=O)NC1CC1. The first kappa shape index (κ1) is 14.0. The molecule has 0 radical (unpaired) electrons. The van der Waals surface area contributed by atoms with Gasteiger partial charge in [-0.05, 0) is 31.9 Å². The van der Waals surface area contributed by atoms with Crippen molar-refractivity contribution in [1.29, 1.82) is 0 Å². The molecule has 1 aliphatic carbocycles. The summed E-state index contributed by atoms with van der Waals surface area (Å²) in [6.45, 7) is 1.73. The van der Waals surface area contributed by atoms with Crippen LogP contribution in [0.25, 0.3) is 0 Å². The van der Waals surface area contributed by atoms with Gasteiger partial charge in [0.1, 0.15) is 5.75 Å². The van der Waals surface area contributed by atoms with E-state index in [2.05, 4.69) is 15.8 Å². The van der Waals surface area contributed by atoms with Crippen LogP contribution in [0, 0.1) is 0 Å². The van der Waals surface area contributed by atoms with Crippen molar-refractivity contribution >= 4 is 17.5 Å². The molecular formula is C14H17N3O3. The molecule has 20 heavy (non-hydrogen) atoms. The Morgan fingerprint density at radius 1 is 1.25 bits per heavy atom. The topological polar surface area (TPSA) is 79.8 Å². The predicted molar refractivity (Wildman–Crippen MR) is 74.5 cm³/mol. The number of hydrogen-bond acceptors (Lipinski definition) is 4. The van der Waals surface area contributed by atoms with Crippen molar-refractivity contribution < 1.29 is 14.3 Å². The molecule has 106 valence electrons. The minimum Gasteiger partial charge on any atom is -0.496 e. The Hall–Kier alpha value is -2.37. The highest BCUT2D eigenvalue weighted by Crippen LogP contribution is 2.18. The summed E-state index contributed by atoms with van der Waals surface area (Å²) >= 11 is 0. The lowest BCUT2D eigenvalue weighted by molar-refractivity contribution is -0.139. The molecule has 0 heterocycles. The van der Waals surface area contributed by atoms with Gasteiger partial charge in [0.2, 0.25) is 0 Å². The van der Waals surface area contributed by atoms with Crippen LogP contribution in [0.15, 0.2) is 29.4 Å². The summed E-state index contributed by atoms with van der Waals surface area (Å²) in [5.74, 6) is -0.749. The molecule has 6 heteroatoms. The van der Waals surface area contributed by atoms with E-state index < -0.39 is 11.8 Å². The average molecular weight is 275 g/mol. The van der Waals surface area contributed by atoms with E-state index in [1.165, 1.54) is 0 Å². The minimum absolute atomic E-state index is 0.146. The quantitative estimate of drug-likeness (QED) is 0.485. The second-order valence-electron chi connectivity index (χ2n) is 4.59. The Morgan fingerprint density at radius 2 is 1.95 bits per heavy atom. The number of nitrogens with zero attached hydrogens (tertiary/aromatic N) is 1. The smallest absolute Gasteiger partial charge is 0.329 e. The molecule has 2 amide bonds. The van der Waals surface area contributed by atoms with Gasteiger partial charge in [0.05, 0.1) is 12.8 Å². The zero-order valence-electron chi connectivity index (χ0n) is 11.5. The van der Waals surface area contributed by atoms with Crippen LogP contribution in [0.3, 0.4) is 0 Å². The van der Waals surface area contributed by atoms with Gasteiger partial charge in [-0.1, -0.05) is 12.1 Å². The molecule has 0 saturated heterocycles. The number of amides is 2. The fourth-order valence-electron chi connectivity index (χ4n) is 1.67. The largest absolute Gasteiger partial charge is 0.496 e. The lowest BCUT2D eigenvalue weighted by atomic mass is 10.1. The Labute approximate surface area is 117 Å². The monoisotopic (exact) mass is 275 g/mol. The molecule has 1 aliphatic rings. The zero-order valence-corrected chi connectivity index (χ0v) is 11.5. The van der Waals surface area contributed by atoms with Crippen molar-refractivity contribution in [1.82, 2.24) is 10.7 Å². The molecule has 2 N–H and O–H groups in total. The molecule has 1 fully saturated rings. The predicted octanol–water partition coefficient (Wildman–Crippen LogP) is 0.814. The maximum absolute atomic E-state index is 11.5. The first-order valence-corrected chi connectivity index (χ1v) is 6.40. The number of hydrazone groups is 1. The van der Waals surface area contributed by atoms with E-state index in [0.29, 0.717) is 11.5 Å². The van der Waals surface area contributed by atoms with Gasteiger partial charge < -0.3 is 10.1 Å². The summed E-state index contributed by atoms with van der Waals surface area (Å²) in [5, 5.41) is 6.52. The van der Waals surface area contributed by atoms with Crippen molar-refractivity contribution in [3.8, 4) is 5.75 Å². The Balaban J connectivity index is 1.99. The number of methoxy groups -OCH3 is 1. The Bertz CT molecular complexity index is 550. The van der Waals surface area contributed by atoms with Crippen LogP contribution in [0.1, 0.15) is 25.3 Å². The van der Waals surface area contributed by atoms with E-state index in [1.54, 1.807) is 20.1 Å². The minimum atomic E-state index is -0.758. The molecule has 0 unspecified atom stereocenters. The molecular weight excluding hydrogens is 258 g/mol. The van der Waals surface area contributed by atoms with Gasteiger partial charge in [0, 0.05) is 11.6 Å². The van der Waals surface area contributed by atoms with Crippen LogP contribution in [-0.4, -0.2) is 30.7 Å². The number of benzene rings is 1. The second-order valence-corrected chi connectivity index (χ2v) is 4.59. The normalized spacial score (nSPS) is 14.6. The van der Waals surface area contributed by atoms with Gasteiger partial charge >= 0.3 is 11.8 Å². The van der Waals surface area contributed by atoms with E-state index in [1.807, 2.05) is 18.2 Å². The molecule has 1 aromatic rings. The van der Waals surface area contributed by atoms with Gasteiger partial charge in [-0.2, -0.15) is 5.10 Å². The van der Waals surface area contributed by atoms with E-state index in [0.717, 1.165) is 18.4 Å². The van der Waals surface area contributed by atoms with Gasteiger partial charge in [0.15, 0.2) is 0 Å². The number of rotatable bonds is 4. The molecule has 6 nitrogen and oxygen atoms in total. The van der Waals surface area contributed by atoms with Crippen LogP contribution in [0.2, 0.25) is 0 Å². The lowest BCUT2D eigenvalue weighted by Crippen LogP contribution is -2.39. The van der Waals surface area contributed by atoms with E-state index in [9.17, 15) is 9.59 Å². The molecule has 1 aromatic carbocycles. The molecule has 1 saturated carbocycles. The molecule has 2 rings (SSSR count). The summed E-state index contributed by atoms with van der Waals surface area (Å²) in [7, 11) is 1.56. The Kier molecular flexibility index (Phi) is 4.34. The molecule has 0 atom stereocenters. The maximum atomic E-state index is 11.5. The van der Waals surface area contributed by atoms with E-state index >= 15 is 0 Å². The van der Waals surface area contributed by atoms with Crippen molar-refractivity contribution in [3.63, 3.8) is 0 Å². The highest BCUT2D eigenvalue weighted by molar-refractivity contribution is 6.35. The van der Waals surface area contributed by atoms with E-state index in [-0.39, 0.29) is 6.04 Å². The van der Waals surface area contributed by atoms with Crippen LogP contribution in [0.4, 0.5) is 0 Å². The van der Waals surface area contributed by atoms with Crippen molar-refractivity contribution in [2.24, 2.45) is 5.10 Å². The summed E-state index contributed by atoms with van der Waals surface area (Å²) in [4.78, 5) is 23.0. The first-order valence-electron chi connectivity index (χ1n) is 6.40. The highest BCUT2D eigenvalue weighted by atomic mass is 16.5. The van der Waals surface area contributed by atoms with Crippen LogP contribution in [0.5, 0.6) is 5.75 Å². The summed E-state index contributed by atoms with van der Waals surface area (Å²) in [6.07, 6.45) is 1.87. The first-order chi connectivity index (χ1) is 9.61. The third-order valence-corrected chi connectivity index (χ3v) is 2.94. The number of carbonyl (C=O) groups is 2. The summed E-state index contributed by atoms with van der Waals surface area (Å²) in [5.41, 5.74) is 3.57. The third kappa shape index (κ3) is 3.57. The van der Waals surface area contributed by atoms with Crippen LogP contribution in [-0.2, 0) is 9.59 Å². The Morgan fingerprint density at radius 3 is 2.60 bits per heavy atom. The fourth-order valence-corrected chi connectivity index (χ4v) is 1.67. The lowest BCUT2D eigenvalue weighted by Gasteiger charge is -2.07. The highest BCUT2D eigenvalue weighted by Gasteiger charge is 2.26. The van der Waals surface area contributed by atoms with E-state index in [4.69, 9.17) is 4.74 Å². The molecule has 0 aromatic heterocycles. The molecule has 0 bridgehead atoms. The van der Waals surface area contributed by atoms with Crippen LogP contribution >= 0.6 is 0 Å². The van der Waals surface area contributed by atoms with Crippen molar-refractivity contribution in [2.75, 3.05) is 7.11 Å². The number of para-hydroxylation sites is 1. The molecule has 0 aliphatic heterocycles. The standard InChI is InChI=1S/C14H17N3O3/c1-9(11-5-3-4-6-12(11)20-2)16-17-14(19)13(18)15-10-7-8-10/h3-6,10H,7-8H2,1-2H3,(H,15,18)(H,17,19)/b16-9-. The average Bonchev–Trinajstić information content (AvgIpc) is 3.28. The maximum Gasteiger partial charge on any atom is 0.329 e. The van der Waals surface area contributed by atoms with Crippen molar-refractivity contribution in [2.45, 2.75) is 25.8 Å². The second kappa shape index (κ2) is 6.18. The fraction of sp³-hybridized carbons (Fsp3) is 0.357. The number of nitrogens with one attached hydrogen (secondary N) is 2. The van der Waals surface area contributed by atoms with Gasteiger partial charge in [-0.25, -0.2) is 5.43 Å².